The molecule has 1 radical (unpaired) electrons. The van der Waals surface area contributed by atoms with E-state index in [1.54, 1.807) is 0 Å². The second-order valence-corrected chi connectivity index (χ2v) is 11.8. The van der Waals surface area contributed by atoms with Crippen molar-refractivity contribution in [1.82, 2.24) is 0 Å². The number of rotatable bonds is 9. The molecule has 3 rings (SSSR count). The first-order chi connectivity index (χ1) is 14.9. The smallest absolute Gasteiger partial charge is 0.00983 e. The lowest BCUT2D eigenvalue weighted by atomic mass is 9.58. The predicted octanol–water partition coefficient (Wildman–Crippen LogP) is 8.91. The van der Waals surface area contributed by atoms with Crippen LogP contribution in [0.4, 0.5) is 0 Å². The van der Waals surface area contributed by atoms with Gasteiger partial charge in [0.15, 0.2) is 0 Å². The van der Waals surface area contributed by atoms with Gasteiger partial charge in [0.2, 0.25) is 0 Å². The van der Waals surface area contributed by atoms with Crippen molar-refractivity contribution < 1.29 is 0 Å². The molecule has 0 saturated carbocycles. The quantitative estimate of drug-likeness (QED) is 0.321. The maximum atomic E-state index is 5.00. The highest BCUT2D eigenvalue weighted by molar-refractivity contribution is 5.29. The predicted molar refractivity (Wildman–Crippen MR) is 140 cm³/mol. The summed E-state index contributed by atoms with van der Waals surface area (Å²) in [4.78, 5) is 0. The molecule has 0 aliphatic rings. The zero-order chi connectivity index (χ0) is 23.5. The molecule has 0 aliphatic heterocycles. The number of hydrogen-bond acceptors (Lipinski definition) is 0. The Hall–Kier alpha value is -2.34. The zero-order valence-corrected chi connectivity index (χ0v) is 21.0. The van der Waals surface area contributed by atoms with Gasteiger partial charge in [-0.1, -0.05) is 133 Å². The van der Waals surface area contributed by atoms with Crippen LogP contribution in [0.25, 0.3) is 0 Å². The van der Waals surface area contributed by atoms with E-state index >= 15 is 0 Å². The van der Waals surface area contributed by atoms with E-state index < -0.39 is 0 Å². The molecule has 3 aromatic rings. The van der Waals surface area contributed by atoms with E-state index in [2.05, 4.69) is 133 Å². The lowest BCUT2D eigenvalue weighted by Gasteiger charge is -2.46. The van der Waals surface area contributed by atoms with Gasteiger partial charge >= 0.3 is 0 Å². The molecule has 0 nitrogen and oxygen atoms in total. The molecule has 32 heavy (non-hydrogen) atoms. The third kappa shape index (κ3) is 5.91. The molecule has 0 heterocycles. The van der Waals surface area contributed by atoms with E-state index in [0.717, 1.165) is 19.3 Å². The monoisotopic (exact) mass is 425 g/mol. The first-order valence-electron chi connectivity index (χ1n) is 12.0. The van der Waals surface area contributed by atoms with E-state index in [1.165, 1.54) is 16.7 Å². The molecule has 0 amide bonds. The van der Waals surface area contributed by atoms with Gasteiger partial charge in [-0.25, -0.2) is 0 Å². The first-order valence-corrected chi connectivity index (χ1v) is 12.0. The minimum absolute atomic E-state index is 0.0442. The Morgan fingerprint density at radius 2 is 0.656 bits per heavy atom. The van der Waals surface area contributed by atoms with E-state index in [9.17, 15) is 0 Å². The Kier molecular flexibility index (Phi) is 7.03. The molecule has 0 atom stereocenters. The van der Waals surface area contributed by atoms with Crippen molar-refractivity contribution >= 4 is 0 Å². The zero-order valence-electron chi connectivity index (χ0n) is 21.0. The Balaban J connectivity index is 1.98. The molecule has 0 saturated heterocycles. The van der Waals surface area contributed by atoms with Gasteiger partial charge in [-0.15, -0.1) is 0 Å². The van der Waals surface area contributed by atoms with Crippen molar-refractivity contribution in [2.24, 2.45) is 5.41 Å². The fraction of sp³-hybridized carbons (Fsp3) is 0.406. The van der Waals surface area contributed by atoms with Gasteiger partial charge in [0, 0.05) is 0 Å². The fourth-order valence-electron chi connectivity index (χ4n) is 5.97. The lowest BCUT2D eigenvalue weighted by Crippen LogP contribution is -2.39. The summed E-state index contributed by atoms with van der Waals surface area (Å²) in [6.07, 6.45) is 3.11. The standard InChI is InChI=1S/C32H41/c1-29(2,26-17-11-8-12-18-26)23-32(7,24-30(3,4)27-19-13-9-14-20-27)25-31(5,6)28-21-15-10-16-22-28/h8-22H,7,23-25H2,1-6H3. The Morgan fingerprint density at radius 1 is 0.438 bits per heavy atom. The summed E-state index contributed by atoms with van der Waals surface area (Å²) in [6.45, 7) is 19.3. The Bertz CT molecular complexity index is 832. The van der Waals surface area contributed by atoms with Gasteiger partial charge in [-0.2, -0.15) is 0 Å². The molecule has 0 unspecified atom stereocenters. The minimum Gasteiger partial charge on any atom is -0.0622 e. The van der Waals surface area contributed by atoms with Gasteiger partial charge < -0.3 is 0 Å². The van der Waals surface area contributed by atoms with Crippen LogP contribution in [0.1, 0.15) is 77.5 Å². The molecule has 0 spiro atoms. The van der Waals surface area contributed by atoms with Crippen LogP contribution in [0.2, 0.25) is 0 Å². The van der Waals surface area contributed by atoms with Crippen LogP contribution < -0.4 is 0 Å². The summed E-state index contributed by atoms with van der Waals surface area (Å²) in [7, 11) is 0. The number of hydrogen-bond donors (Lipinski definition) is 0. The van der Waals surface area contributed by atoms with Crippen LogP contribution in [0.15, 0.2) is 91.0 Å². The highest BCUT2D eigenvalue weighted by atomic mass is 14.5. The van der Waals surface area contributed by atoms with Crippen molar-refractivity contribution in [2.45, 2.75) is 77.0 Å². The summed E-state index contributed by atoms with van der Waals surface area (Å²) < 4.78 is 0. The van der Waals surface area contributed by atoms with Crippen molar-refractivity contribution in [2.75, 3.05) is 0 Å². The summed E-state index contributed by atoms with van der Waals surface area (Å²) in [6, 6.07) is 32.9. The van der Waals surface area contributed by atoms with E-state index in [1.807, 2.05) is 0 Å². The molecule has 0 N–H and O–H groups in total. The highest BCUT2D eigenvalue weighted by Crippen LogP contribution is 2.50. The second-order valence-electron chi connectivity index (χ2n) is 11.8. The van der Waals surface area contributed by atoms with Crippen LogP contribution in [0, 0.1) is 12.3 Å². The molecule has 0 aromatic heterocycles. The van der Waals surface area contributed by atoms with Crippen LogP contribution in [-0.4, -0.2) is 0 Å². The average Bonchev–Trinajstić information content (AvgIpc) is 2.74. The minimum atomic E-state index is -0.0853. The number of benzene rings is 3. The molecule has 0 heteroatoms. The highest BCUT2D eigenvalue weighted by Gasteiger charge is 2.42. The van der Waals surface area contributed by atoms with Gasteiger partial charge in [0.1, 0.15) is 0 Å². The van der Waals surface area contributed by atoms with Gasteiger partial charge in [0.05, 0.1) is 0 Å². The van der Waals surface area contributed by atoms with E-state index in [0.29, 0.717) is 0 Å². The van der Waals surface area contributed by atoms with Crippen molar-refractivity contribution in [1.29, 1.82) is 0 Å². The van der Waals surface area contributed by atoms with E-state index in [-0.39, 0.29) is 21.7 Å². The van der Waals surface area contributed by atoms with Crippen LogP contribution >= 0.6 is 0 Å². The average molecular weight is 426 g/mol. The topological polar surface area (TPSA) is 0 Å². The van der Waals surface area contributed by atoms with Crippen LogP contribution in [0.3, 0.4) is 0 Å². The largest absolute Gasteiger partial charge is 0.0622 e. The second kappa shape index (κ2) is 9.26. The Morgan fingerprint density at radius 3 is 0.875 bits per heavy atom. The molecular formula is C32H41. The third-order valence-corrected chi connectivity index (χ3v) is 7.12. The van der Waals surface area contributed by atoms with Crippen molar-refractivity contribution in [3.63, 3.8) is 0 Å². The fourth-order valence-corrected chi connectivity index (χ4v) is 5.97. The van der Waals surface area contributed by atoms with Crippen LogP contribution in [-0.2, 0) is 16.2 Å². The summed E-state index contributed by atoms with van der Waals surface area (Å²) in [5.41, 5.74) is 4.22. The van der Waals surface area contributed by atoms with Crippen molar-refractivity contribution in [3.8, 4) is 0 Å². The van der Waals surface area contributed by atoms with Gasteiger partial charge in [-0.05, 0) is 64.5 Å². The maximum Gasteiger partial charge on any atom is -0.00983 e. The molecule has 169 valence electrons. The molecule has 3 aromatic carbocycles. The first kappa shape index (κ1) is 24.3. The normalized spacial score (nSPS) is 13.2. The van der Waals surface area contributed by atoms with Crippen LogP contribution in [0.5, 0.6) is 0 Å². The molecular weight excluding hydrogens is 384 g/mol. The molecule has 0 fully saturated rings. The lowest BCUT2D eigenvalue weighted by molar-refractivity contribution is 0.156. The Labute approximate surface area is 197 Å². The molecule has 0 aliphatic carbocycles. The van der Waals surface area contributed by atoms with Crippen molar-refractivity contribution in [3.05, 3.63) is 115 Å². The van der Waals surface area contributed by atoms with Gasteiger partial charge in [0.25, 0.3) is 0 Å². The third-order valence-electron chi connectivity index (χ3n) is 7.12. The summed E-state index contributed by atoms with van der Waals surface area (Å²) >= 11 is 0. The summed E-state index contributed by atoms with van der Waals surface area (Å²) in [5, 5.41) is 0. The van der Waals surface area contributed by atoms with Gasteiger partial charge in [-0.3, -0.25) is 0 Å². The SMILES string of the molecule is [CH2]C(CC(C)(C)c1ccccc1)(CC(C)(C)c1ccccc1)CC(C)(C)c1ccccc1. The van der Waals surface area contributed by atoms with E-state index in [4.69, 9.17) is 6.92 Å². The maximum absolute atomic E-state index is 5.00. The molecule has 0 bridgehead atoms. The summed E-state index contributed by atoms with van der Waals surface area (Å²) in [5.74, 6) is 0.